The lowest BCUT2D eigenvalue weighted by Gasteiger charge is -2.17. The summed E-state index contributed by atoms with van der Waals surface area (Å²) in [5.74, 6) is -2.78. The topological polar surface area (TPSA) is 74.6 Å². The molecule has 0 atom stereocenters. The smallest absolute Gasteiger partial charge is 0.343 e. The van der Waals surface area contributed by atoms with E-state index in [0.717, 1.165) is 34.7 Å². The van der Waals surface area contributed by atoms with Crippen molar-refractivity contribution in [2.24, 2.45) is 0 Å². The Balaban J connectivity index is 2.91. The molecule has 2 rings (SSSR count). The number of rotatable bonds is 7. The lowest BCUT2D eigenvalue weighted by atomic mass is 9.86. The van der Waals surface area contributed by atoms with E-state index in [9.17, 15) is 19.8 Å². The molecule has 0 unspecified atom stereocenters. The Labute approximate surface area is 141 Å². The highest BCUT2D eigenvalue weighted by atomic mass is 16.4. The maximum Gasteiger partial charge on any atom is 0.343 e. The van der Waals surface area contributed by atoms with Crippen LogP contribution in [0.3, 0.4) is 0 Å². The monoisotopic (exact) mass is 326 g/mol. The standard InChI is InChI=1S/C20H22O4/c1-3-7-14-12-11-13-9-5-6-10-15(13)17(14)16(8-4-2)18(19(21)22)20(23)24/h5-6,9-12H,3-4,7-8H2,1-2H3,(H,21,22)(H,23,24). The van der Waals surface area contributed by atoms with Crippen molar-refractivity contribution >= 4 is 28.3 Å². The zero-order valence-corrected chi connectivity index (χ0v) is 14.0. The average Bonchev–Trinajstić information content (AvgIpc) is 2.54. The highest BCUT2D eigenvalue weighted by Gasteiger charge is 2.25. The number of allylic oxidation sites excluding steroid dienone is 1. The molecular weight excluding hydrogens is 304 g/mol. The van der Waals surface area contributed by atoms with Gasteiger partial charge >= 0.3 is 11.9 Å². The average molecular weight is 326 g/mol. The Morgan fingerprint density at radius 1 is 0.917 bits per heavy atom. The summed E-state index contributed by atoms with van der Waals surface area (Å²) in [4.78, 5) is 23.2. The van der Waals surface area contributed by atoms with Gasteiger partial charge in [0.25, 0.3) is 0 Å². The number of carboxylic acid groups (broad SMARTS) is 2. The maximum atomic E-state index is 11.6. The molecule has 2 N–H and O–H groups in total. The molecule has 0 aliphatic carbocycles. The van der Waals surface area contributed by atoms with Crippen molar-refractivity contribution in [1.29, 1.82) is 0 Å². The Hall–Kier alpha value is -2.62. The van der Waals surface area contributed by atoms with Gasteiger partial charge in [-0.3, -0.25) is 0 Å². The zero-order valence-electron chi connectivity index (χ0n) is 14.0. The van der Waals surface area contributed by atoms with Gasteiger partial charge in [0.1, 0.15) is 5.57 Å². The molecule has 4 nitrogen and oxygen atoms in total. The first kappa shape index (κ1) is 17.7. The third kappa shape index (κ3) is 3.48. The Kier molecular flexibility index (Phi) is 5.74. The van der Waals surface area contributed by atoms with Gasteiger partial charge in [-0.05, 0) is 40.3 Å². The van der Waals surface area contributed by atoms with Crippen molar-refractivity contribution in [3.63, 3.8) is 0 Å². The van der Waals surface area contributed by atoms with Crippen molar-refractivity contribution in [1.82, 2.24) is 0 Å². The fourth-order valence-electron chi connectivity index (χ4n) is 3.13. The van der Waals surface area contributed by atoms with E-state index in [1.165, 1.54) is 0 Å². The SMILES string of the molecule is CCCC(=C(C(=O)O)C(=O)O)c1c(CCC)ccc2ccccc12. The summed E-state index contributed by atoms with van der Waals surface area (Å²) in [6, 6.07) is 11.7. The number of hydrogen-bond donors (Lipinski definition) is 2. The second-order valence-electron chi connectivity index (χ2n) is 5.78. The lowest BCUT2D eigenvalue weighted by Crippen LogP contribution is -2.15. The zero-order chi connectivity index (χ0) is 17.7. The van der Waals surface area contributed by atoms with Crippen LogP contribution < -0.4 is 0 Å². The molecule has 126 valence electrons. The van der Waals surface area contributed by atoms with Crippen LogP contribution in [-0.4, -0.2) is 22.2 Å². The van der Waals surface area contributed by atoms with Crippen LogP contribution in [0.4, 0.5) is 0 Å². The molecule has 0 bridgehead atoms. The van der Waals surface area contributed by atoms with Crippen LogP contribution in [0.25, 0.3) is 16.3 Å². The van der Waals surface area contributed by atoms with Gasteiger partial charge in [0, 0.05) is 0 Å². The van der Waals surface area contributed by atoms with E-state index in [4.69, 9.17) is 0 Å². The number of carboxylic acids is 2. The van der Waals surface area contributed by atoms with Crippen LogP contribution in [0.5, 0.6) is 0 Å². The lowest BCUT2D eigenvalue weighted by molar-refractivity contribution is -0.140. The summed E-state index contributed by atoms with van der Waals surface area (Å²) < 4.78 is 0. The molecule has 0 amide bonds. The molecule has 0 aliphatic rings. The van der Waals surface area contributed by atoms with Crippen molar-refractivity contribution in [3.8, 4) is 0 Å². The minimum absolute atomic E-state index is 0.415. The molecule has 0 radical (unpaired) electrons. The van der Waals surface area contributed by atoms with Crippen molar-refractivity contribution in [3.05, 3.63) is 53.1 Å². The van der Waals surface area contributed by atoms with Crippen molar-refractivity contribution in [2.75, 3.05) is 0 Å². The number of carbonyl (C=O) groups is 2. The molecule has 0 fully saturated rings. The molecule has 0 saturated carbocycles. The molecule has 0 spiro atoms. The van der Waals surface area contributed by atoms with Crippen molar-refractivity contribution < 1.29 is 19.8 Å². The molecule has 4 heteroatoms. The summed E-state index contributed by atoms with van der Waals surface area (Å²) in [7, 11) is 0. The highest BCUT2D eigenvalue weighted by molar-refractivity contribution is 6.20. The van der Waals surface area contributed by atoms with E-state index in [-0.39, 0.29) is 0 Å². The Bertz CT molecular complexity index is 786. The van der Waals surface area contributed by atoms with E-state index in [1.807, 2.05) is 43.3 Å². The largest absolute Gasteiger partial charge is 0.477 e. The molecule has 2 aromatic carbocycles. The molecular formula is C20H22O4. The third-order valence-electron chi connectivity index (χ3n) is 4.07. The molecule has 24 heavy (non-hydrogen) atoms. The molecule has 0 aromatic heterocycles. The number of fused-ring (bicyclic) bond motifs is 1. The van der Waals surface area contributed by atoms with Crippen LogP contribution in [0.15, 0.2) is 42.0 Å². The fourth-order valence-corrected chi connectivity index (χ4v) is 3.13. The van der Waals surface area contributed by atoms with Crippen LogP contribution in [0.2, 0.25) is 0 Å². The fraction of sp³-hybridized carbons (Fsp3) is 0.300. The predicted molar refractivity (Wildman–Crippen MR) is 95.0 cm³/mol. The predicted octanol–water partition coefficient (Wildman–Crippen LogP) is 4.52. The Morgan fingerprint density at radius 2 is 1.58 bits per heavy atom. The van der Waals surface area contributed by atoms with Gasteiger partial charge in [0.15, 0.2) is 0 Å². The van der Waals surface area contributed by atoms with Gasteiger partial charge in [-0.25, -0.2) is 9.59 Å². The van der Waals surface area contributed by atoms with E-state index in [2.05, 4.69) is 6.92 Å². The number of hydrogen-bond acceptors (Lipinski definition) is 2. The second kappa shape index (κ2) is 7.77. The van der Waals surface area contributed by atoms with E-state index >= 15 is 0 Å². The minimum atomic E-state index is -1.39. The van der Waals surface area contributed by atoms with E-state index < -0.39 is 17.5 Å². The summed E-state index contributed by atoms with van der Waals surface area (Å²) in [6.07, 6.45) is 2.77. The summed E-state index contributed by atoms with van der Waals surface area (Å²) >= 11 is 0. The van der Waals surface area contributed by atoms with Gasteiger partial charge in [0.05, 0.1) is 0 Å². The second-order valence-corrected chi connectivity index (χ2v) is 5.78. The van der Waals surface area contributed by atoms with Gasteiger partial charge in [-0.2, -0.15) is 0 Å². The summed E-state index contributed by atoms with van der Waals surface area (Å²) in [6.45, 7) is 3.98. The third-order valence-corrected chi connectivity index (χ3v) is 4.07. The van der Waals surface area contributed by atoms with E-state index in [1.54, 1.807) is 0 Å². The molecule has 0 heterocycles. The van der Waals surface area contributed by atoms with Gasteiger partial charge in [-0.15, -0.1) is 0 Å². The quantitative estimate of drug-likeness (QED) is 0.446. The first-order valence-electron chi connectivity index (χ1n) is 8.21. The number of aryl methyl sites for hydroxylation is 1. The van der Waals surface area contributed by atoms with Crippen LogP contribution in [0, 0.1) is 0 Å². The van der Waals surface area contributed by atoms with Crippen LogP contribution in [0.1, 0.15) is 44.2 Å². The highest BCUT2D eigenvalue weighted by Crippen LogP contribution is 2.34. The maximum absolute atomic E-state index is 11.6. The first-order chi connectivity index (χ1) is 11.5. The molecule has 0 aliphatic heterocycles. The first-order valence-corrected chi connectivity index (χ1v) is 8.21. The van der Waals surface area contributed by atoms with Gasteiger partial charge < -0.3 is 10.2 Å². The number of benzene rings is 2. The van der Waals surface area contributed by atoms with Crippen LogP contribution >= 0.6 is 0 Å². The summed E-state index contributed by atoms with van der Waals surface area (Å²) in [5, 5.41) is 20.8. The van der Waals surface area contributed by atoms with Gasteiger partial charge in [0.2, 0.25) is 0 Å². The minimum Gasteiger partial charge on any atom is -0.477 e. The van der Waals surface area contributed by atoms with Gasteiger partial charge in [-0.1, -0.05) is 63.1 Å². The normalized spacial score (nSPS) is 10.6. The Morgan fingerprint density at radius 3 is 2.17 bits per heavy atom. The van der Waals surface area contributed by atoms with Crippen molar-refractivity contribution in [2.45, 2.75) is 39.5 Å². The molecule has 0 saturated heterocycles. The summed E-state index contributed by atoms with van der Waals surface area (Å²) in [5.41, 5.74) is 1.67. The van der Waals surface area contributed by atoms with Crippen LogP contribution in [-0.2, 0) is 16.0 Å². The molecule has 2 aromatic rings. The number of aliphatic carboxylic acids is 2. The van der Waals surface area contributed by atoms with E-state index in [0.29, 0.717) is 18.4 Å².